The lowest BCUT2D eigenvalue weighted by molar-refractivity contribution is 0.235. The molecule has 3 nitrogen and oxygen atoms in total. The van der Waals surface area contributed by atoms with Gasteiger partial charge in [0.15, 0.2) is 0 Å². The molecule has 0 amide bonds. The van der Waals surface area contributed by atoms with Crippen LogP contribution in [0.25, 0.3) is 0 Å². The van der Waals surface area contributed by atoms with Crippen LogP contribution in [0.2, 0.25) is 0 Å². The van der Waals surface area contributed by atoms with E-state index >= 15 is 0 Å². The van der Waals surface area contributed by atoms with Crippen molar-refractivity contribution < 1.29 is 0 Å². The Labute approximate surface area is 112 Å². The molecule has 0 bridgehead atoms. The lowest BCUT2D eigenvalue weighted by Crippen LogP contribution is -2.59. The highest BCUT2D eigenvalue weighted by Gasteiger charge is 2.29. The van der Waals surface area contributed by atoms with Crippen molar-refractivity contribution in [2.45, 2.75) is 19.0 Å². The van der Waals surface area contributed by atoms with Crippen molar-refractivity contribution in [3.8, 4) is 0 Å². The third kappa shape index (κ3) is 2.81. The Balaban J connectivity index is 2.24. The predicted octanol–water partition coefficient (Wildman–Crippen LogP) is 1.92. The van der Waals surface area contributed by atoms with E-state index in [1.807, 2.05) is 0 Å². The van der Waals surface area contributed by atoms with Crippen LogP contribution in [0.4, 0.5) is 5.69 Å². The highest BCUT2D eigenvalue weighted by Crippen LogP contribution is 2.25. The van der Waals surface area contributed by atoms with Gasteiger partial charge in [-0.15, -0.1) is 0 Å². The molecule has 1 heterocycles. The molecule has 0 aromatic heterocycles. The lowest BCUT2D eigenvalue weighted by Gasteiger charge is -2.45. The maximum absolute atomic E-state index is 5.91. The zero-order valence-electron chi connectivity index (χ0n) is 10.4. The fraction of sp³-hybridized carbons (Fsp3) is 0.538. The number of nitrogens with two attached hydrogens (primary N) is 1. The van der Waals surface area contributed by atoms with Gasteiger partial charge in [0.2, 0.25) is 0 Å². The van der Waals surface area contributed by atoms with Gasteiger partial charge in [-0.1, -0.05) is 15.9 Å². The summed E-state index contributed by atoms with van der Waals surface area (Å²) < 4.78 is 1.12. The molecule has 1 aliphatic rings. The number of halogens is 1. The van der Waals surface area contributed by atoms with E-state index in [-0.39, 0.29) is 0 Å². The van der Waals surface area contributed by atoms with E-state index in [1.165, 1.54) is 5.69 Å². The van der Waals surface area contributed by atoms with Crippen LogP contribution in [-0.4, -0.2) is 43.7 Å². The van der Waals surface area contributed by atoms with Crippen LogP contribution >= 0.6 is 15.9 Å². The van der Waals surface area contributed by atoms with Gasteiger partial charge < -0.3 is 15.5 Å². The van der Waals surface area contributed by atoms with E-state index in [2.05, 4.69) is 64.0 Å². The number of anilines is 1. The first-order valence-electron chi connectivity index (χ1n) is 6.04. The van der Waals surface area contributed by atoms with Gasteiger partial charge in [-0.05, 0) is 38.2 Å². The average Bonchev–Trinajstić information content (AvgIpc) is 2.30. The molecule has 1 aromatic carbocycles. The fourth-order valence-corrected chi connectivity index (χ4v) is 2.95. The largest absolute Gasteiger partial charge is 0.362 e. The van der Waals surface area contributed by atoms with Crippen LogP contribution in [0.3, 0.4) is 0 Å². The van der Waals surface area contributed by atoms with E-state index < -0.39 is 0 Å². The first-order valence-corrected chi connectivity index (χ1v) is 6.83. The minimum atomic E-state index is 0.407. The number of rotatable bonds is 2. The number of piperazine rings is 1. The molecular formula is C13H20BrN3. The molecule has 1 aromatic rings. The number of likely N-dealkylation sites (N-methyl/N-ethyl adjacent to an activating group) is 1. The molecule has 1 saturated heterocycles. The van der Waals surface area contributed by atoms with Crippen LogP contribution in [0, 0.1) is 0 Å². The summed E-state index contributed by atoms with van der Waals surface area (Å²) in [6, 6.07) is 9.42. The monoisotopic (exact) mass is 297 g/mol. The summed E-state index contributed by atoms with van der Waals surface area (Å²) in [5, 5.41) is 0. The van der Waals surface area contributed by atoms with Crippen LogP contribution in [0.15, 0.2) is 28.7 Å². The SMILES string of the molecule is CC1CN(C)CC(CN)N1c1ccc(Br)cc1. The van der Waals surface area contributed by atoms with Gasteiger partial charge in [-0.25, -0.2) is 0 Å². The molecule has 1 aliphatic heterocycles. The lowest BCUT2D eigenvalue weighted by atomic mass is 10.1. The van der Waals surface area contributed by atoms with Crippen molar-refractivity contribution in [3.05, 3.63) is 28.7 Å². The molecule has 0 radical (unpaired) electrons. The smallest absolute Gasteiger partial charge is 0.0542 e. The third-order valence-corrected chi connectivity index (χ3v) is 3.89. The molecule has 0 saturated carbocycles. The molecule has 1 fully saturated rings. The van der Waals surface area contributed by atoms with Gasteiger partial charge in [-0.2, -0.15) is 0 Å². The quantitative estimate of drug-likeness (QED) is 0.905. The summed E-state index contributed by atoms with van der Waals surface area (Å²) in [5.74, 6) is 0. The molecule has 2 unspecified atom stereocenters. The van der Waals surface area contributed by atoms with Crippen molar-refractivity contribution in [2.75, 3.05) is 31.6 Å². The number of nitrogens with zero attached hydrogens (tertiary/aromatic N) is 2. The summed E-state index contributed by atoms with van der Waals surface area (Å²) in [6.45, 7) is 5.09. The summed E-state index contributed by atoms with van der Waals surface area (Å²) in [5.41, 5.74) is 7.18. The number of hydrogen-bond donors (Lipinski definition) is 1. The Morgan fingerprint density at radius 1 is 1.29 bits per heavy atom. The topological polar surface area (TPSA) is 32.5 Å². The molecule has 0 spiro atoms. The van der Waals surface area contributed by atoms with Gasteiger partial charge >= 0.3 is 0 Å². The average molecular weight is 298 g/mol. The van der Waals surface area contributed by atoms with Gasteiger partial charge in [0.1, 0.15) is 0 Å². The summed E-state index contributed by atoms with van der Waals surface area (Å²) in [4.78, 5) is 4.81. The molecular weight excluding hydrogens is 278 g/mol. The minimum absolute atomic E-state index is 0.407. The van der Waals surface area contributed by atoms with Gasteiger partial charge in [0.25, 0.3) is 0 Å². The second-order valence-corrected chi connectivity index (χ2v) is 5.76. The standard InChI is InChI=1S/C13H20BrN3/c1-10-8-16(2)9-13(7-15)17(10)12-5-3-11(14)4-6-12/h3-6,10,13H,7-9,15H2,1-2H3. The second kappa shape index (κ2) is 5.38. The van der Waals surface area contributed by atoms with Crippen LogP contribution in [0.5, 0.6) is 0 Å². The van der Waals surface area contributed by atoms with Crippen molar-refractivity contribution >= 4 is 21.6 Å². The maximum atomic E-state index is 5.91. The Morgan fingerprint density at radius 3 is 2.53 bits per heavy atom. The Kier molecular flexibility index (Phi) is 4.07. The number of benzene rings is 1. The number of hydrogen-bond acceptors (Lipinski definition) is 3. The van der Waals surface area contributed by atoms with Crippen LogP contribution in [-0.2, 0) is 0 Å². The normalized spacial score (nSPS) is 26.2. The minimum Gasteiger partial charge on any atom is -0.362 e. The highest BCUT2D eigenvalue weighted by molar-refractivity contribution is 9.10. The van der Waals surface area contributed by atoms with Gasteiger partial charge in [0, 0.05) is 35.8 Å². The third-order valence-electron chi connectivity index (χ3n) is 3.36. The predicted molar refractivity (Wildman–Crippen MR) is 76.4 cm³/mol. The zero-order chi connectivity index (χ0) is 12.4. The van der Waals surface area contributed by atoms with Crippen LogP contribution in [0.1, 0.15) is 6.92 Å². The zero-order valence-corrected chi connectivity index (χ0v) is 12.0. The van der Waals surface area contributed by atoms with E-state index in [1.54, 1.807) is 0 Å². The van der Waals surface area contributed by atoms with Crippen molar-refractivity contribution in [1.82, 2.24) is 4.90 Å². The van der Waals surface area contributed by atoms with E-state index in [0.29, 0.717) is 18.6 Å². The molecule has 0 aliphatic carbocycles. The molecule has 17 heavy (non-hydrogen) atoms. The first kappa shape index (κ1) is 12.9. The van der Waals surface area contributed by atoms with E-state index in [0.717, 1.165) is 17.6 Å². The Morgan fingerprint density at radius 2 is 1.94 bits per heavy atom. The molecule has 2 rings (SSSR count). The highest BCUT2D eigenvalue weighted by atomic mass is 79.9. The molecule has 4 heteroatoms. The maximum Gasteiger partial charge on any atom is 0.0542 e. The van der Waals surface area contributed by atoms with Crippen molar-refractivity contribution in [3.63, 3.8) is 0 Å². The molecule has 2 atom stereocenters. The molecule has 94 valence electrons. The Hall–Kier alpha value is -0.580. The second-order valence-electron chi connectivity index (χ2n) is 4.84. The van der Waals surface area contributed by atoms with E-state index in [9.17, 15) is 0 Å². The van der Waals surface area contributed by atoms with Crippen molar-refractivity contribution in [2.24, 2.45) is 5.73 Å². The van der Waals surface area contributed by atoms with Gasteiger partial charge in [0.05, 0.1) is 6.04 Å². The molecule has 2 N–H and O–H groups in total. The fourth-order valence-electron chi connectivity index (χ4n) is 2.69. The van der Waals surface area contributed by atoms with Gasteiger partial charge in [-0.3, -0.25) is 0 Å². The summed E-state index contributed by atoms with van der Waals surface area (Å²) >= 11 is 3.47. The Bertz CT molecular complexity index is 365. The van der Waals surface area contributed by atoms with Crippen molar-refractivity contribution in [1.29, 1.82) is 0 Å². The van der Waals surface area contributed by atoms with Crippen LogP contribution < -0.4 is 10.6 Å². The van der Waals surface area contributed by atoms with E-state index in [4.69, 9.17) is 5.73 Å². The summed E-state index contributed by atoms with van der Waals surface area (Å²) in [6.07, 6.45) is 0. The first-order chi connectivity index (χ1) is 8.11. The summed E-state index contributed by atoms with van der Waals surface area (Å²) in [7, 11) is 2.16.